The van der Waals surface area contributed by atoms with E-state index in [0.29, 0.717) is 6.61 Å². The van der Waals surface area contributed by atoms with E-state index in [-0.39, 0.29) is 16.9 Å². The predicted octanol–water partition coefficient (Wildman–Crippen LogP) is 3.92. The molecule has 0 saturated heterocycles. The SMILES string of the molecule is COC1=C[C@@H](c2ccccc2)[C@](C)(C2=NC(C)(C)CO2)C1. The highest BCUT2D eigenvalue weighted by Crippen LogP contribution is 2.50. The molecule has 0 saturated carbocycles. The zero-order valence-electron chi connectivity index (χ0n) is 13.2. The summed E-state index contributed by atoms with van der Waals surface area (Å²) >= 11 is 0. The summed E-state index contributed by atoms with van der Waals surface area (Å²) in [6.45, 7) is 7.11. The quantitative estimate of drug-likeness (QED) is 0.843. The Morgan fingerprint density at radius 2 is 1.90 bits per heavy atom. The van der Waals surface area contributed by atoms with Crippen molar-refractivity contribution >= 4 is 5.90 Å². The van der Waals surface area contributed by atoms with Crippen molar-refractivity contribution in [2.45, 2.75) is 38.6 Å². The van der Waals surface area contributed by atoms with E-state index >= 15 is 0 Å². The van der Waals surface area contributed by atoms with Crippen LogP contribution in [0.2, 0.25) is 0 Å². The van der Waals surface area contributed by atoms with Crippen LogP contribution in [0.15, 0.2) is 47.2 Å². The van der Waals surface area contributed by atoms with Gasteiger partial charge in [0.15, 0.2) is 5.90 Å². The largest absolute Gasteiger partial charge is 0.501 e. The Bertz CT molecular complexity index is 588. The fraction of sp³-hybridized carbons (Fsp3) is 0.500. The minimum Gasteiger partial charge on any atom is -0.501 e. The Kier molecular flexibility index (Phi) is 3.31. The third-order valence-corrected chi connectivity index (χ3v) is 4.46. The third-order valence-electron chi connectivity index (χ3n) is 4.46. The van der Waals surface area contributed by atoms with Gasteiger partial charge >= 0.3 is 0 Å². The summed E-state index contributed by atoms with van der Waals surface area (Å²) in [7, 11) is 1.74. The van der Waals surface area contributed by atoms with Crippen molar-refractivity contribution < 1.29 is 9.47 Å². The van der Waals surface area contributed by atoms with Crippen molar-refractivity contribution in [1.82, 2.24) is 0 Å². The summed E-state index contributed by atoms with van der Waals surface area (Å²) in [6.07, 6.45) is 3.05. The standard InChI is InChI=1S/C18H23NO2/c1-17(2)12-21-16(19-17)18(3)11-14(20-4)10-15(18)13-8-6-5-7-9-13/h5-10,15H,11-12H2,1-4H3/t15-,18+/m0/s1. The highest BCUT2D eigenvalue weighted by atomic mass is 16.5. The van der Waals surface area contributed by atoms with Gasteiger partial charge in [0.2, 0.25) is 0 Å². The number of hydrogen-bond acceptors (Lipinski definition) is 3. The molecule has 3 heteroatoms. The number of hydrogen-bond donors (Lipinski definition) is 0. The number of benzene rings is 1. The lowest BCUT2D eigenvalue weighted by molar-refractivity contribution is 0.224. The second-order valence-corrected chi connectivity index (χ2v) is 6.84. The van der Waals surface area contributed by atoms with Crippen LogP contribution in [0.5, 0.6) is 0 Å². The lowest BCUT2D eigenvalue weighted by atomic mass is 9.75. The van der Waals surface area contributed by atoms with Crippen molar-refractivity contribution in [1.29, 1.82) is 0 Å². The molecule has 21 heavy (non-hydrogen) atoms. The van der Waals surface area contributed by atoms with Gasteiger partial charge in [-0.1, -0.05) is 30.3 Å². The molecule has 0 aromatic heterocycles. The maximum atomic E-state index is 5.96. The van der Waals surface area contributed by atoms with Gasteiger partial charge in [0, 0.05) is 12.3 Å². The Balaban J connectivity index is 2.01. The summed E-state index contributed by atoms with van der Waals surface area (Å²) in [5, 5.41) is 0. The third kappa shape index (κ3) is 2.45. The van der Waals surface area contributed by atoms with Crippen LogP contribution in [0.1, 0.15) is 38.7 Å². The van der Waals surface area contributed by atoms with E-state index in [9.17, 15) is 0 Å². The van der Waals surface area contributed by atoms with Crippen LogP contribution in [0.3, 0.4) is 0 Å². The van der Waals surface area contributed by atoms with E-state index < -0.39 is 0 Å². The molecule has 0 radical (unpaired) electrons. The molecule has 1 aliphatic heterocycles. The zero-order valence-corrected chi connectivity index (χ0v) is 13.2. The van der Waals surface area contributed by atoms with Crippen LogP contribution >= 0.6 is 0 Å². The fourth-order valence-electron chi connectivity index (χ4n) is 3.25. The number of ether oxygens (including phenoxy) is 2. The summed E-state index contributed by atoms with van der Waals surface area (Å²) in [5.74, 6) is 2.12. The summed E-state index contributed by atoms with van der Waals surface area (Å²) < 4.78 is 11.5. The predicted molar refractivity (Wildman–Crippen MR) is 84.5 cm³/mol. The van der Waals surface area contributed by atoms with Crippen LogP contribution in [0.25, 0.3) is 0 Å². The van der Waals surface area contributed by atoms with Gasteiger partial charge in [-0.05, 0) is 32.4 Å². The van der Waals surface area contributed by atoms with Crippen molar-refractivity contribution in [2.75, 3.05) is 13.7 Å². The van der Waals surface area contributed by atoms with Crippen molar-refractivity contribution in [3.63, 3.8) is 0 Å². The van der Waals surface area contributed by atoms with Gasteiger partial charge in [-0.3, -0.25) is 0 Å². The molecular formula is C18H23NO2. The maximum Gasteiger partial charge on any atom is 0.191 e. The molecule has 1 aromatic rings. The first-order valence-electron chi connectivity index (χ1n) is 7.47. The number of nitrogens with zero attached hydrogens (tertiary/aromatic N) is 1. The minimum atomic E-state index is -0.166. The first-order chi connectivity index (χ1) is 9.94. The van der Waals surface area contributed by atoms with Crippen LogP contribution in [0, 0.1) is 5.41 Å². The normalized spacial score (nSPS) is 30.6. The Morgan fingerprint density at radius 1 is 1.19 bits per heavy atom. The monoisotopic (exact) mass is 285 g/mol. The topological polar surface area (TPSA) is 30.8 Å². The van der Waals surface area contributed by atoms with Crippen LogP contribution in [-0.4, -0.2) is 25.2 Å². The molecule has 1 heterocycles. The Morgan fingerprint density at radius 3 is 2.48 bits per heavy atom. The highest BCUT2D eigenvalue weighted by Gasteiger charge is 2.48. The van der Waals surface area contributed by atoms with Crippen molar-refractivity contribution in [3.8, 4) is 0 Å². The maximum absolute atomic E-state index is 5.96. The van der Waals surface area contributed by atoms with Gasteiger partial charge in [-0.15, -0.1) is 0 Å². The molecule has 1 aliphatic carbocycles. The number of aliphatic imine (C=N–C) groups is 1. The second-order valence-electron chi connectivity index (χ2n) is 6.84. The van der Waals surface area contributed by atoms with E-state index in [1.165, 1.54) is 5.56 Å². The van der Waals surface area contributed by atoms with E-state index in [4.69, 9.17) is 14.5 Å². The van der Waals surface area contributed by atoms with Crippen molar-refractivity contribution in [3.05, 3.63) is 47.7 Å². The van der Waals surface area contributed by atoms with Gasteiger partial charge in [-0.2, -0.15) is 0 Å². The number of methoxy groups -OCH3 is 1. The van der Waals surface area contributed by atoms with Crippen molar-refractivity contribution in [2.24, 2.45) is 10.4 Å². The molecule has 3 rings (SSSR count). The molecule has 0 unspecified atom stereocenters. The molecule has 2 atom stereocenters. The number of rotatable bonds is 3. The Labute approximate surface area is 126 Å². The molecule has 0 spiro atoms. The second kappa shape index (κ2) is 4.90. The summed E-state index contributed by atoms with van der Waals surface area (Å²) in [4.78, 5) is 4.82. The van der Waals surface area contributed by atoms with Crippen LogP contribution < -0.4 is 0 Å². The smallest absolute Gasteiger partial charge is 0.191 e. The molecule has 2 aliphatic rings. The molecule has 0 N–H and O–H groups in total. The average molecular weight is 285 g/mol. The first-order valence-corrected chi connectivity index (χ1v) is 7.47. The lowest BCUT2D eigenvalue weighted by Gasteiger charge is -2.30. The van der Waals surface area contributed by atoms with Gasteiger partial charge in [0.1, 0.15) is 6.61 Å². The lowest BCUT2D eigenvalue weighted by Crippen LogP contribution is -2.31. The van der Waals surface area contributed by atoms with Gasteiger partial charge in [-0.25, -0.2) is 4.99 Å². The molecule has 112 valence electrons. The van der Waals surface area contributed by atoms with E-state index in [0.717, 1.165) is 18.1 Å². The minimum absolute atomic E-state index is 0.130. The van der Waals surface area contributed by atoms with E-state index in [1.54, 1.807) is 7.11 Å². The van der Waals surface area contributed by atoms with Crippen LogP contribution in [-0.2, 0) is 9.47 Å². The summed E-state index contributed by atoms with van der Waals surface area (Å²) in [5.41, 5.74) is 0.985. The Hall–Kier alpha value is -1.77. The van der Waals surface area contributed by atoms with Gasteiger partial charge < -0.3 is 9.47 Å². The fourth-order valence-corrected chi connectivity index (χ4v) is 3.25. The molecule has 3 nitrogen and oxygen atoms in total. The first kappa shape index (κ1) is 14.2. The summed E-state index contributed by atoms with van der Waals surface area (Å²) in [6, 6.07) is 10.5. The average Bonchev–Trinajstić information content (AvgIpc) is 3.01. The highest BCUT2D eigenvalue weighted by molar-refractivity contribution is 5.86. The zero-order chi connectivity index (χ0) is 15.1. The van der Waals surface area contributed by atoms with E-state index in [1.807, 2.05) is 6.07 Å². The van der Waals surface area contributed by atoms with Gasteiger partial charge in [0.05, 0.1) is 23.8 Å². The van der Waals surface area contributed by atoms with E-state index in [2.05, 4.69) is 51.1 Å². The molecule has 0 fully saturated rings. The number of allylic oxidation sites excluding steroid dienone is 2. The van der Waals surface area contributed by atoms with Crippen LogP contribution in [0.4, 0.5) is 0 Å². The molecular weight excluding hydrogens is 262 g/mol. The molecule has 0 bridgehead atoms. The molecule has 1 aromatic carbocycles. The van der Waals surface area contributed by atoms with Gasteiger partial charge in [0.25, 0.3) is 0 Å². The molecule has 0 amide bonds.